The van der Waals surface area contributed by atoms with Gasteiger partial charge in [-0.3, -0.25) is 10.2 Å². The Bertz CT molecular complexity index is 663. The van der Waals surface area contributed by atoms with Crippen molar-refractivity contribution in [1.82, 2.24) is 15.8 Å². The maximum absolute atomic E-state index is 11.9. The van der Waals surface area contributed by atoms with E-state index in [0.29, 0.717) is 11.1 Å². The number of hydrazine groups is 1. The van der Waals surface area contributed by atoms with Crippen LogP contribution >= 0.6 is 11.8 Å². The molecule has 2 aromatic rings. The van der Waals surface area contributed by atoms with Crippen LogP contribution in [0, 0.1) is 5.92 Å². The van der Waals surface area contributed by atoms with Gasteiger partial charge in [0.1, 0.15) is 5.52 Å². The van der Waals surface area contributed by atoms with Crippen molar-refractivity contribution in [1.29, 1.82) is 0 Å². The fraction of sp³-hybridized carbons (Fsp3) is 0.375. The number of carbonyl (C=O) groups excluding carboxylic acids is 1. The minimum atomic E-state index is -0.0913. The third kappa shape index (κ3) is 3.82. The number of hydrogen-bond donors (Lipinski definition) is 2. The van der Waals surface area contributed by atoms with Crippen LogP contribution in [0.1, 0.15) is 26.2 Å². The maximum Gasteiger partial charge on any atom is 0.257 e. The molecule has 0 spiro atoms. The van der Waals surface area contributed by atoms with E-state index in [1.54, 1.807) is 0 Å². The van der Waals surface area contributed by atoms with Gasteiger partial charge in [0.15, 0.2) is 5.58 Å². The minimum absolute atomic E-state index is 0.0913. The van der Waals surface area contributed by atoms with Gasteiger partial charge in [-0.2, -0.15) is 0 Å². The lowest BCUT2D eigenvalue weighted by Gasteiger charge is -2.19. The van der Waals surface area contributed by atoms with Crippen LogP contribution in [0.2, 0.25) is 0 Å². The molecule has 1 aliphatic rings. The lowest BCUT2D eigenvalue weighted by atomic mass is 9.96. The van der Waals surface area contributed by atoms with E-state index in [1.165, 1.54) is 18.2 Å². The average Bonchev–Trinajstić information content (AvgIpc) is 2.94. The summed E-state index contributed by atoms with van der Waals surface area (Å²) in [4.78, 5) is 16.2. The van der Waals surface area contributed by atoms with Crippen LogP contribution in [0.25, 0.3) is 11.1 Å². The van der Waals surface area contributed by atoms with Crippen LogP contribution in [0.4, 0.5) is 0 Å². The molecule has 6 heteroatoms. The standard InChI is InChI=1S/C16H19N3O2S/c1-11-5-4-6-12(9-11)18-19-15(20)10-22-16-17-13-7-2-3-8-14(13)21-16/h2-3,7-9,11,18H,4-6,10H2,1H3,(H,19,20)/t11-/m1/s1. The second-order valence-electron chi connectivity index (χ2n) is 5.47. The van der Waals surface area contributed by atoms with Crippen LogP contribution in [0.15, 0.2) is 45.7 Å². The van der Waals surface area contributed by atoms with E-state index in [1.807, 2.05) is 24.3 Å². The highest BCUT2D eigenvalue weighted by molar-refractivity contribution is 7.99. The molecule has 1 aliphatic carbocycles. The lowest BCUT2D eigenvalue weighted by molar-refractivity contribution is -0.119. The summed E-state index contributed by atoms with van der Waals surface area (Å²) in [5.41, 5.74) is 8.39. The Morgan fingerprint density at radius 1 is 1.45 bits per heavy atom. The lowest BCUT2D eigenvalue weighted by Crippen LogP contribution is -2.38. The Labute approximate surface area is 133 Å². The van der Waals surface area contributed by atoms with Crippen molar-refractivity contribution >= 4 is 28.8 Å². The average molecular weight is 317 g/mol. The number of nitrogens with zero attached hydrogens (tertiary/aromatic N) is 1. The van der Waals surface area contributed by atoms with Crippen LogP contribution in [-0.2, 0) is 4.79 Å². The zero-order valence-corrected chi connectivity index (χ0v) is 13.3. The Balaban J connectivity index is 1.48. The van der Waals surface area contributed by atoms with E-state index < -0.39 is 0 Å². The minimum Gasteiger partial charge on any atom is -0.431 e. The molecule has 1 aromatic carbocycles. The molecule has 1 aromatic heterocycles. The van der Waals surface area contributed by atoms with Crippen molar-refractivity contribution < 1.29 is 9.21 Å². The number of benzene rings is 1. The number of aromatic nitrogens is 1. The van der Waals surface area contributed by atoms with Gasteiger partial charge in [0.05, 0.1) is 5.75 Å². The molecule has 2 N–H and O–H groups in total. The Hall–Kier alpha value is -1.95. The second-order valence-corrected chi connectivity index (χ2v) is 6.40. The van der Waals surface area contributed by atoms with E-state index in [-0.39, 0.29) is 11.7 Å². The summed E-state index contributed by atoms with van der Waals surface area (Å²) in [5, 5.41) is 0.516. The fourth-order valence-corrected chi connectivity index (χ4v) is 3.09. The van der Waals surface area contributed by atoms with E-state index >= 15 is 0 Å². The number of carbonyl (C=O) groups is 1. The van der Waals surface area contributed by atoms with Gasteiger partial charge < -0.3 is 9.84 Å². The second kappa shape index (κ2) is 6.87. The first-order valence-corrected chi connectivity index (χ1v) is 8.43. The monoisotopic (exact) mass is 317 g/mol. The summed E-state index contributed by atoms with van der Waals surface area (Å²) >= 11 is 1.29. The number of fused-ring (bicyclic) bond motifs is 1. The van der Waals surface area contributed by atoms with Crippen molar-refractivity contribution in [3.05, 3.63) is 36.0 Å². The molecule has 1 amide bonds. The molecule has 0 bridgehead atoms. The highest BCUT2D eigenvalue weighted by atomic mass is 32.2. The fourth-order valence-electron chi connectivity index (χ4n) is 2.45. The SMILES string of the molecule is C[C@H]1C=C(NNC(=O)CSc2nc3ccccc3o2)CCC1. The molecule has 116 valence electrons. The Kier molecular flexibility index (Phi) is 4.68. The summed E-state index contributed by atoms with van der Waals surface area (Å²) in [6.45, 7) is 2.19. The van der Waals surface area contributed by atoms with E-state index in [2.05, 4.69) is 28.8 Å². The number of allylic oxidation sites excluding steroid dienone is 2. The van der Waals surface area contributed by atoms with Crippen molar-refractivity contribution in [3.8, 4) is 0 Å². The molecular weight excluding hydrogens is 298 g/mol. The van der Waals surface area contributed by atoms with Crippen LogP contribution in [0.3, 0.4) is 0 Å². The molecule has 3 rings (SSSR count). The largest absolute Gasteiger partial charge is 0.431 e. The topological polar surface area (TPSA) is 67.2 Å². The molecule has 1 heterocycles. The van der Waals surface area contributed by atoms with Crippen molar-refractivity contribution in [2.45, 2.75) is 31.4 Å². The summed E-state index contributed by atoms with van der Waals surface area (Å²) < 4.78 is 5.57. The molecule has 0 radical (unpaired) electrons. The van der Waals surface area contributed by atoms with Gasteiger partial charge in [-0.1, -0.05) is 36.9 Å². The predicted octanol–water partition coefficient (Wildman–Crippen LogP) is 3.24. The number of amides is 1. The van der Waals surface area contributed by atoms with Gasteiger partial charge in [-0.05, 0) is 37.3 Å². The first-order valence-electron chi connectivity index (χ1n) is 7.44. The molecule has 0 fully saturated rings. The summed E-state index contributed by atoms with van der Waals surface area (Å²) in [5.74, 6) is 0.747. The molecule has 0 aliphatic heterocycles. The number of thioether (sulfide) groups is 1. The zero-order valence-electron chi connectivity index (χ0n) is 12.5. The quantitative estimate of drug-likeness (QED) is 0.654. The first-order chi connectivity index (χ1) is 10.7. The highest BCUT2D eigenvalue weighted by Gasteiger charge is 2.11. The number of oxazole rings is 1. The Morgan fingerprint density at radius 2 is 2.32 bits per heavy atom. The van der Waals surface area contributed by atoms with Gasteiger partial charge in [0.2, 0.25) is 5.91 Å². The van der Waals surface area contributed by atoms with Gasteiger partial charge >= 0.3 is 0 Å². The first kappa shape index (κ1) is 15.0. The number of nitrogens with one attached hydrogen (secondary N) is 2. The number of para-hydroxylation sites is 2. The van der Waals surface area contributed by atoms with E-state index in [0.717, 1.165) is 29.6 Å². The van der Waals surface area contributed by atoms with E-state index in [9.17, 15) is 4.79 Å². The molecule has 0 unspecified atom stereocenters. The normalized spacial score (nSPS) is 18.0. The third-order valence-corrected chi connectivity index (χ3v) is 4.38. The predicted molar refractivity (Wildman–Crippen MR) is 87.1 cm³/mol. The van der Waals surface area contributed by atoms with Gasteiger partial charge in [-0.25, -0.2) is 4.98 Å². The molecule has 1 atom stereocenters. The molecule has 22 heavy (non-hydrogen) atoms. The molecule has 0 saturated carbocycles. The van der Waals surface area contributed by atoms with E-state index in [4.69, 9.17) is 4.42 Å². The Morgan fingerprint density at radius 3 is 3.14 bits per heavy atom. The smallest absolute Gasteiger partial charge is 0.257 e. The number of rotatable bonds is 5. The van der Waals surface area contributed by atoms with Gasteiger partial charge in [0.25, 0.3) is 5.22 Å². The highest BCUT2D eigenvalue weighted by Crippen LogP contribution is 2.23. The summed E-state index contributed by atoms with van der Waals surface area (Å²) in [6, 6.07) is 7.57. The summed E-state index contributed by atoms with van der Waals surface area (Å²) in [6.07, 6.45) is 5.54. The van der Waals surface area contributed by atoms with Crippen molar-refractivity contribution in [2.24, 2.45) is 5.92 Å². The molecule has 0 saturated heterocycles. The maximum atomic E-state index is 11.9. The van der Waals surface area contributed by atoms with Crippen LogP contribution in [-0.4, -0.2) is 16.6 Å². The van der Waals surface area contributed by atoms with Crippen LogP contribution < -0.4 is 10.9 Å². The summed E-state index contributed by atoms with van der Waals surface area (Å²) in [7, 11) is 0. The number of hydrogen-bond acceptors (Lipinski definition) is 5. The van der Waals surface area contributed by atoms with Crippen LogP contribution in [0.5, 0.6) is 0 Å². The van der Waals surface area contributed by atoms with Crippen molar-refractivity contribution in [2.75, 3.05) is 5.75 Å². The third-order valence-electron chi connectivity index (χ3n) is 3.55. The van der Waals surface area contributed by atoms with Gasteiger partial charge in [0, 0.05) is 5.70 Å². The van der Waals surface area contributed by atoms with Crippen molar-refractivity contribution in [3.63, 3.8) is 0 Å². The zero-order chi connectivity index (χ0) is 15.4. The molecular formula is C16H19N3O2S. The molecule has 5 nitrogen and oxygen atoms in total. The van der Waals surface area contributed by atoms with Gasteiger partial charge in [-0.15, -0.1) is 0 Å².